The molecule has 0 radical (unpaired) electrons. The van der Waals surface area contributed by atoms with Crippen molar-refractivity contribution in [2.45, 2.75) is 26.2 Å². The summed E-state index contributed by atoms with van der Waals surface area (Å²) in [7, 11) is 0. The first-order valence-corrected chi connectivity index (χ1v) is 11.6. The molecule has 0 bridgehead atoms. The molecule has 0 spiro atoms. The second kappa shape index (κ2) is 8.57. The molecule has 2 unspecified atom stereocenters. The number of oxazole rings is 1. The molecule has 2 aromatic carbocycles. The van der Waals surface area contributed by atoms with Gasteiger partial charge in [-0.05, 0) is 56.0 Å². The monoisotopic (exact) mass is 460 g/mol. The van der Waals surface area contributed by atoms with Gasteiger partial charge in [-0.2, -0.15) is 10.2 Å². The standard InChI is InChI=1S/C26H25ClN4O2/c1-16-11-17(2)13-19(12-16)21-14-22(21)25(32)30-7-9-31(10-8-30)26-23(15-28)29-24(33-26)18-3-5-20(27)6-4-18/h3-6,11-13,21-22H,7-10,14H2,1-2H3. The summed E-state index contributed by atoms with van der Waals surface area (Å²) in [6.45, 7) is 6.64. The zero-order valence-electron chi connectivity index (χ0n) is 18.7. The summed E-state index contributed by atoms with van der Waals surface area (Å²) in [6, 6.07) is 15.9. The molecule has 1 aliphatic carbocycles. The minimum Gasteiger partial charge on any atom is -0.419 e. The van der Waals surface area contributed by atoms with E-state index in [0.29, 0.717) is 48.9 Å². The van der Waals surface area contributed by atoms with E-state index in [0.717, 1.165) is 12.0 Å². The van der Waals surface area contributed by atoms with E-state index >= 15 is 0 Å². The van der Waals surface area contributed by atoms with Crippen molar-refractivity contribution in [1.29, 1.82) is 5.26 Å². The van der Waals surface area contributed by atoms with Gasteiger partial charge in [0.2, 0.25) is 23.4 Å². The van der Waals surface area contributed by atoms with Crippen LogP contribution in [0.4, 0.5) is 5.88 Å². The number of amides is 1. The Bertz CT molecular complexity index is 1220. The third-order valence-corrected chi connectivity index (χ3v) is 6.72. The molecular formula is C26H25ClN4O2. The van der Waals surface area contributed by atoms with Crippen molar-refractivity contribution in [3.05, 3.63) is 69.9 Å². The van der Waals surface area contributed by atoms with Gasteiger partial charge in [0.05, 0.1) is 0 Å². The number of nitriles is 1. The summed E-state index contributed by atoms with van der Waals surface area (Å²) >= 11 is 5.96. The van der Waals surface area contributed by atoms with E-state index in [-0.39, 0.29) is 17.5 Å². The highest BCUT2D eigenvalue weighted by Gasteiger charge is 2.46. The van der Waals surface area contributed by atoms with Crippen molar-refractivity contribution in [2.75, 3.05) is 31.1 Å². The molecule has 7 heteroatoms. The van der Waals surface area contributed by atoms with E-state index < -0.39 is 0 Å². The Morgan fingerprint density at radius 3 is 2.39 bits per heavy atom. The Morgan fingerprint density at radius 1 is 1.09 bits per heavy atom. The van der Waals surface area contributed by atoms with Gasteiger partial charge in [0.15, 0.2) is 0 Å². The number of anilines is 1. The molecule has 168 valence electrons. The van der Waals surface area contributed by atoms with Gasteiger partial charge in [-0.3, -0.25) is 4.79 Å². The molecule has 2 fully saturated rings. The molecule has 1 saturated heterocycles. The maximum atomic E-state index is 13.1. The van der Waals surface area contributed by atoms with E-state index in [4.69, 9.17) is 16.0 Å². The summed E-state index contributed by atoms with van der Waals surface area (Å²) in [5, 5.41) is 10.2. The van der Waals surface area contributed by atoms with Crippen LogP contribution >= 0.6 is 11.6 Å². The highest BCUT2D eigenvalue weighted by atomic mass is 35.5. The van der Waals surface area contributed by atoms with E-state index in [2.05, 4.69) is 43.1 Å². The normalized spacial score (nSPS) is 19.9. The van der Waals surface area contributed by atoms with E-state index in [1.165, 1.54) is 16.7 Å². The van der Waals surface area contributed by atoms with Gasteiger partial charge in [-0.1, -0.05) is 40.9 Å². The second-order valence-corrected chi connectivity index (χ2v) is 9.41. The summed E-state index contributed by atoms with van der Waals surface area (Å²) in [5.41, 5.74) is 4.79. The predicted molar refractivity (Wildman–Crippen MR) is 127 cm³/mol. The van der Waals surface area contributed by atoms with Crippen molar-refractivity contribution < 1.29 is 9.21 Å². The molecule has 3 aromatic rings. The zero-order chi connectivity index (χ0) is 23.1. The maximum Gasteiger partial charge on any atom is 0.235 e. The van der Waals surface area contributed by atoms with Gasteiger partial charge in [0.25, 0.3) is 0 Å². The SMILES string of the molecule is Cc1cc(C)cc(C2CC2C(=O)N2CCN(c3oc(-c4ccc(Cl)cc4)nc3C#N)CC2)c1. The van der Waals surface area contributed by atoms with Crippen LogP contribution in [-0.2, 0) is 4.79 Å². The van der Waals surface area contributed by atoms with Gasteiger partial charge >= 0.3 is 0 Å². The third kappa shape index (κ3) is 4.34. The number of carbonyl (C=O) groups excluding carboxylic acids is 1. The van der Waals surface area contributed by atoms with Gasteiger partial charge in [-0.15, -0.1) is 0 Å². The quantitative estimate of drug-likeness (QED) is 0.551. The van der Waals surface area contributed by atoms with Crippen molar-refractivity contribution in [3.8, 4) is 17.5 Å². The van der Waals surface area contributed by atoms with Crippen molar-refractivity contribution in [2.24, 2.45) is 5.92 Å². The third-order valence-electron chi connectivity index (χ3n) is 6.46. The van der Waals surface area contributed by atoms with Crippen LogP contribution in [0.5, 0.6) is 0 Å². The van der Waals surface area contributed by atoms with Crippen LogP contribution in [0.25, 0.3) is 11.5 Å². The number of carbonyl (C=O) groups is 1. The van der Waals surface area contributed by atoms with Crippen LogP contribution in [0.15, 0.2) is 46.9 Å². The summed E-state index contributed by atoms with van der Waals surface area (Å²) in [6.07, 6.45) is 0.924. The molecule has 6 nitrogen and oxygen atoms in total. The topological polar surface area (TPSA) is 73.4 Å². The van der Waals surface area contributed by atoms with E-state index in [1.54, 1.807) is 12.1 Å². The minimum atomic E-state index is 0.0780. The lowest BCUT2D eigenvalue weighted by Gasteiger charge is -2.34. The molecule has 1 saturated carbocycles. The first-order valence-electron chi connectivity index (χ1n) is 11.2. The highest BCUT2D eigenvalue weighted by Crippen LogP contribution is 2.49. The lowest BCUT2D eigenvalue weighted by molar-refractivity contribution is -0.133. The molecule has 1 aliphatic heterocycles. The fraction of sp³-hybridized carbons (Fsp3) is 0.346. The average Bonchev–Trinajstić information content (AvgIpc) is 3.50. The van der Waals surface area contributed by atoms with Gasteiger partial charge in [0, 0.05) is 42.7 Å². The maximum absolute atomic E-state index is 13.1. The lowest BCUT2D eigenvalue weighted by Crippen LogP contribution is -2.49. The van der Waals surface area contributed by atoms with Crippen molar-refractivity contribution in [1.82, 2.24) is 9.88 Å². The average molecular weight is 461 g/mol. The number of rotatable bonds is 4. The van der Waals surface area contributed by atoms with Crippen LogP contribution in [0, 0.1) is 31.1 Å². The Labute approximate surface area is 198 Å². The Balaban J connectivity index is 1.24. The molecular weight excluding hydrogens is 436 g/mol. The number of hydrogen-bond donors (Lipinski definition) is 0. The summed E-state index contributed by atoms with van der Waals surface area (Å²) in [4.78, 5) is 21.4. The van der Waals surface area contributed by atoms with Crippen LogP contribution < -0.4 is 4.90 Å². The van der Waals surface area contributed by atoms with Crippen molar-refractivity contribution in [3.63, 3.8) is 0 Å². The predicted octanol–water partition coefficient (Wildman–Crippen LogP) is 4.94. The van der Waals surface area contributed by atoms with Gasteiger partial charge < -0.3 is 14.2 Å². The fourth-order valence-electron chi connectivity index (χ4n) is 4.74. The smallest absolute Gasteiger partial charge is 0.235 e. The fourth-order valence-corrected chi connectivity index (χ4v) is 4.87. The number of piperazine rings is 1. The number of benzene rings is 2. The molecule has 1 amide bonds. The van der Waals surface area contributed by atoms with Crippen LogP contribution in [0.2, 0.25) is 5.02 Å². The van der Waals surface area contributed by atoms with Crippen molar-refractivity contribution >= 4 is 23.4 Å². The largest absolute Gasteiger partial charge is 0.419 e. The molecule has 5 rings (SSSR count). The number of aromatic nitrogens is 1. The lowest BCUT2D eigenvalue weighted by atomic mass is 10.0. The Kier molecular flexibility index (Phi) is 5.59. The Morgan fingerprint density at radius 2 is 1.76 bits per heavy atom. The molecule has 1 aromatic heterocycles. The zero-order valence-corrected chi connectivity index (χ0v) is 19.5. The van der Waals surface area contributed by atoms with E-state index in [9.17, 15) is 10.1 Å². The second-order valence-electron chi connectivity index (χ2n) is 8.97. The number of nitrogens with zero attached hydrogens (tertiary/aromatic N) is 4. The van der Waals surface area contributed by atoms with E-state index in [1.807, 2.05) is 21.9 Å². The molecule has 33 heavy (non-hydrogen) atoms. The molecule has 2 heterocycles. The first-order chi connectivity index (χ1) is 15.9. The number of aryl methyl sites for hydroxylation is 2. The Hall–Kier alpha value is -3.30. The van der Waals surface area contributed by atoms with Crippen LogP contribution in [0.1, 0.15) is 34.7 Å². The minimum absolute atomic E-state index is 0.0780. The molecule has 0 N–H and O–H groups in total. The number of hydrogen-bond acceptors (Lipinski definition) is 5. The van der Waals surface area contributed by atoms with Crippen LogP contribution in [-0.4, -0.2) is 42.0 Å². The van der Waals surface area contributed by atoms with Gasteiger partial charge in [0.1, 0.15) is 6.07 Å². The molecule has 2 atom stereocenters. The molecule has 2 aliphatic rings. The summed E-state index contributed by atoms with van der Waals surface area (Å²) in [5.74, 6) is 1.50. The van der Waals surface area contributed by atoms with Gasteiger partial charge in [-0.25, -0.2) is 0 Å². The highest BCUT2D eigenvalue weighted by molar-refractivity contribution is 6.30. The van der Waals surface area contributed by atoms with Crippen LogP contribution in [0.3, 0.4) is 0 Å². The first kappa shape index (κ1) is 21.5. The number of halogens is 1. The summed E-state index contributed by atoms with van der Waals surface area (Å²) < 4.78 is 5.97.